The zero-order chi connectivity index (χ0) is 18.4. The SMILES string of the molecule is O=C(NCCC[C@H]1CCCC[C@@H]1O)C1CCN(C(=O)c2ccoc2)CC1. The fourth-order valence-corrected chi connectivity index (χ4v) is 4.16. The Morgan fingerprint density at radius 1 is 1.19 bits per heavy atom. The minimum Gasteiger partial charge on any atom is -0.472 e. The first-order valence-corrected chi connectivity index (χ1v) is 9.92. The number of nitrogens with one attached hydrogen (secondary N) is 1. The first-order valence-electron chi connectivity index (χ1n) is 9.92. The summed E-state index contributed by atoms with van der Waals surface area (Å²) >= 11 is 0. The van der Waals surface area contributed by atoms with Gasteiger partial charge < -0.3 is 19.7 Å². The smallest absolute Gasteiger partial charge is 0.257 e. The fourth-order valence-electron chi connectivity index (χ4n) is 4.16. The van der Waals surface area contributed by atoms with Crippen LogP contribution < -0.4 is 5.32 Å². The zero-order valence-electron chi connectivity index (χ0n) is 15.4. The van der Waals surface area contributed by atoms with Gasteiger partial charge in [-0.2, -0.15) is 0 Å². The van der Waals surface area contributed by atoms with Crippen LogP contribution in [-0.2, 0) is 4.79 Å². The van der Waals surface area contributed by atoms with Crippen molar-refractivity contribution in [2.45, 2.75) is 57.5 Å². The van der Waals surface area contributed by atoms with Gasteiger partial charge in [0.05, 0.1) is 17.9 Å². The van der Waals surface area contributed by atoms with Gasteiger partial charge in [-0.3, -0.25) is 9.59 Å². The minimum atomic E-state index is -0.156. The lowest BCUT2D eigenvalue weighted by Crippen LogP contribution is -2.43. The van der Waals surface area contributed by atoms with Gasteiger partial charge in [-0.05, 0) is 50.5 Å². The Bertz CT molecular complexity index is 579. The zero-order valence-corrected chi connectivity index (χ0v) is 15.4. The van der Waals surface area contributed by atoms with Crippen LogP contribution in [0.4, 0.5) is 0 Å². The fraction of sp³-hybridized carbons (Fsp3) is 0.700. The molecule has 0 bridgehead atoms. The summed E-state index contributed by atoms with van der Waals surface area (Å²) in [4.78, 5) is 26.4. The molecule has 1 aliphatic carbocycles. The number of amides is 2. The average molecular weight is 362 g/mol. The van der Waals surface area contributed by atoms with E-state index in [1.165, 1.54) is 18.9 Å². The van der Waals surface area contributed by atoms with Gasteiger partial charge in [-0.1, -0.05) is 12.8 Å². The van der Waals surface area contributed by atoms with Crippen LogP contribution in [0.5, 0.6) is 0 Å². The molecule has 1 aliphatic heterocycles. The number of rotatable bonds is 6. The van der Waals surface area contributed by atoms with Crippen LogP contribution in [0.1, 0.15) is 61.7 Å². The maximum Gasteiger partial charge on any atom is 0.257 e. The van der Waals surface area contributed by atoms with E-state index in [1.54, 1.807) is 11.0 Å². The molecule has 0 radical (unpaired) electrons. The Balaban J connectivity index is 1.33. The van der Waals surface area contributed by atoms with E-state index in [-0.39, 0.29) is 23.8 Å². The lowest BCUT2D eigenvalue weighted by Gasteiger charge is -2.31. The van der Waals surface area contributed by atoms with Crippen LogP contribution in [-0.4, -0.2) is 47.6 Å². The van der Waals surface area contributed by atoms with Crippen LogP contribution in [0.2, 0.25) is 0 Å². The lowest BCUT2D eigenvalue weighted by atomic mass is 9.83. The third kappa shape index (κ3) is 4.87. The second-order valence-electron chi connectivity index (χ2n) is 7.62. The molecule has 0 aromatic carbocycles. The van der Waals surface area contributed by atoms with Gasteiger partial charge in [0.25, 0.3) is 5.91 Å². The van der Waals surface area contributed by atoms with Gasteiger partial charge in [-0.15, -0.1) is 0 Å². The highest BCUT2D eigenvalue weighted by Gasteiger charge is 2.28. The molecule has 2 aliphatic rings. The number of hydrogen-bond donors (Lipinski definition) is 2. The molecule has 6 heteroatoms. The third-order valence-corrected chi connectivity index (χ3v) is 5.84. The highest BCUT2D eigenvalue weighted by Crippen LogP contribution is 2.27. The molecule has 2 N–H and O–H groups in total. The average Bonchev–Trinajstić information content (AvgIpc) is 3.20. The van der Waals surface area contributed by atoms with E-state index in [2.05, 4.69) is 5.32 Å². The maximum atomic E-state index is 12.3. The number of hydrogen-bond acceptors (Lipinski definition) is 4. The van der Waals surface area contributed by atoms with E-state index in [4.69, 9.17) is 4.42 Å². The van der Waals surface area contributed by atoms with Crippen LogP contribution in [0, 0.1) is 11.8 Å². The highest BCUT2D eigenvalue weighted by atomic mass is 16.3. The predicted octanol–water partition coefficient (Wildman–Crippen LogP) is 2.58. The predicted molar refractivity (Wildman–Crippen MR) is 97.5 cm³/mol. The summed E-state index contributed by atoms with van der Waals surface area (Å²) in [7, 11) is 0. The van der Waals surface area contributed by atoms with Crippen LogP contribution >= 0.6 is 0 Å². The molecule has 1 aromatic rings. The standard InChI is InChI=1S/C20H30N2O4/c23-18-6-2-1-4-15(18)5-3-10-21-19(24)16-7-11-22(12-8-16)20(25)17-9-13-26-14-17/h9,13-16,18,23H,1-8,10-12H2,(H,21,24)/t15-,18+/m1/s1. The number of furan rings is 1. The number of likely N-dealkylation sites (tertiary alicyclic amines) is 1. The van der Waals surface area contributed by atoms with E-state index >= 15 is 0 Å². The summed E-state index contributed by atoms with van der Waals surface area (Å²) in [5.74, 6) is 0.467. The molecular weight excluding hydrogens is 332 g/mol. The van der Waals surface area contributed by atoms with Crippen molar-refractivity contribution in [3.8, 4) is 0 Å². The summed E-state index contributed by atoms with van der Waals surface area (Å²) in [6.07, 6.45) is 10.5. The number of carbonyl (C=O) groups excluding carboxylic acids is 2. The first kappa shape index (κ1) is 19.0. The molecule has 144 valence electrons. The number of piperidine rings is 1. The molecule has 2 amide bonds. The monoisotopic (exact) mass is 362 g/mol. The summed E-state index contributed by atoms with van der Waals surface area (Å²) in [6.45, 7) is 1.89. The van der Waals surface area contributed by atoms with Crippen molar-refractivity contribution in [3.63, 3.8) is 0 Å². The Kier molecular flexibility index (Phi) is 6.72. The topological polar surface area (TPSA) is 82.8 Å². The Morgan fingerprint density at radius 2 is 1.96 bits per heavy atom. The van der Waals surface area contributed by atoms with Crippen molar-refractivity contribution in [1.29, 1.82) is 0 Å². The van der Waals surface area contributed by atoms with Gasteiger partial charge in [-0.25, -0.2) is 0 Å². The summed E-state index contributed by atoms with van der Waals surface area (Å²) in [5.41, 5.74) is 0.567. The van der Waals surface area contributed by atoms with E-state index in [1.807, 2.05) is 0 Å². The molecule has 2 fully saturated rings. The quantitative estimate of drug-likeness (QED) is 0.762. The van der Waals surface area contributed by atoms with Gasteiger partial charge in [0.15, 0.2) is 0 Å². The molecular formula is C20H30N2O4. The highest BCUT2D eigenvalue weighted by molar-refractivity contribution is 5.94. The Hall–Kier alpha value is -1.82. The lowest BCUT2D eigenvalue weighted by molar-refractivity contribution is -0.126. The number of aliphatic hydroxyl groups is 1. The van der Waals surface area contributed by atoms with Crippen LogP contribution in [0.25, 0.3) is 0 Å². The van der Waals surface area contributed by atoms with Crippen molar-refractivity contribution in [2.24, 2.45) is 11.8 Å². The summed E-state index contributed by atoms with van der Waals surface area (Å²) in [6, 6.07) is 1.67. The maximum absolute atomic E-state index is 12.3. The first-order chi connectivity index (χ1) is 12.6. The van der Waals surface area contributed by atoms with E-state index < -0.39 is 0 Å². The molecule has 1 aromatic heterocycles. The third-order valence-electron chi connectivity index (χ3n) is 5.84. The Labute approximate surface area is 154 Å². The van der Waals surface area contributed by atoms with Crippen LogP contribution in [0.3, 0.4) is 0 Å². The van der Waals surface area contributed by atoms with Crippen molar-refractivity contribution in [3.05, 3.63) is 24.2 Å². The molecule has 0 unspecified atom stereocenters. The number of nitrogens with zero attached hydrogens (tertiary/aromatic N) is 1. The van der Waals surface area contributed by atoms with E-state index in [0.29, 0.717) is 44.0 Å². The normalized spacial score (nSPS) is 24.4. The molecule has 0 spiro atoms. The molecule has 1 saturated heterocycles. The molecule has 2 heterocycles. The van der Waals surface area contributed by atoms with Gasteiger partial charge in [0.2, 0.25) is 5.91 Å². The minimum absolute atomic E-state index is 0.0105. The summed E-state index contributed by atoms with van der Waals surface area (Å²) < 4.78 is 4.96. The van der Waals surface area contributed by atoms with Crippen molar-refractivity contribution in [2.75, 3.05) is 19.6 Å². The Morgan fingerprint density at radius 3 is 2.65 bits per heavy atom. The second-order valence-corrected chi connectivity index (χ2v) is 7.62. The van der Waals surface area contributed by atoms with E-state index in [9.17, 15) is 14.7 Å². The molecule has 1 saturated carbocycles. The molecule has 2 atom stereocenters. The largest absolute Gasteiger partial charge is 0.472 e. The molecule has 3 rings (SSSR count). The van der Waals surface area contributed by atoms with Gasteiger partial charge in [0.1, 0.15) is 6.26 Å². The number of carbonyl (C=O) groups is 2. The van der Waals surface area contributed by atoms with Crippen molar-refractivity contribution >= 4 is 11.8 Å². The van der Waals surface area contributed by atoms with Crippen molar-refractivity contribution in [1.82, 2.24) is 10.2 Å². The van der Waals surface area contributed by atoms with E-state index in [0.717, 1.165) is 32.1 Å². The molecule has 26 heavy (non-hydrogen) atoms. The van der Waals surface area contributed by atoms with Crippen LogP contribution in [0.15, 0.2) is 23.0 Å². The molecule has 6 nitrogen and oxygen atoms in total. The second kappa shape index (κ2) is 9.21. The van der Waals surface area contributed by atoms with Gasteiger partial charge in [0, 0.05) is 25.6 Å². The van der Waals surface area contributed by atoms with Gasteiger partial charge >= 0.3 is 0 Å². The number of aliphatic hydroxyl groups excluding tert-OH is 1. The van der Waals surface area contributed by atoms with Crippen molar-refractivity contribution < 1.29 is 19.1 Å². The summed E-state index contributed by atoms with van der Waals surface area (Å²) in [5, 5.41) is 13.0.